The first-order valence-corrected chi connectivity index (χ1v) is 6.24. The molecule has 1 aromatic heterocycles. The summed E-state index contributed by atoms with van der Waals surface area (Å²) < 4.78 is 0. The van der Waals surface area contributed by atoms with Gasteiger partial charge in [-0.05, 0) is 18.6 Å². The Bertz CT molecular complexity index is 633. The van der Waals surface area contributed by atoms with Gasteiger partial charge in [0.05, 0.1) is 12.5 Å². The molecule has 4 N–H and O–H groups in total. The third-order valence-electron chi connectivity index (χ3n) is 3.09. The van der Waals surface area contributed by atoms with Gasteiger partial charge in [0, 0.05) is 17.1 Å². The van der Waals surface area contributed by atoms with Gasteiger partial charge in [0.2, 0.25) is 5.91 Å². The summed E-state index contributed by atoms with van der Waals surface area (Å²) in [4.78, 5) is 25.8. The summed E-state index contributed by atoms with van der Waals surface area (Å²) in [6.07, 6.45) is 0.627. The lowest BCUT2D eigenvalue weighted by Crippen LogP contribution is -2.48. The first kappa shape index (κ1) is 14.1. The van der Waals surface area contributed by atoms with E-state index in [1.807, 2.05) is 24.3 Å². The van der Waals surface area contributed by atoms with Crippen molar-refractivity contribution in [3.63, 3.8) is 0 Å². The van der Waals surface area contributed by atoms with E-state index in [2.05, 4.69) is 10.3 Å². The first-order chi connectivity index (χ1) is 9.49. The third kappa shape index (κ3) is 2.97. The summed E-state index contributed by atoms with van der Waals surface area (Å²) in [5.41, 5.74) is 1.70. The number of hydrogen-bond donors (Lipinski definition) is 4. The van der Waals surface area contributed by atoms with Crippen LogP contribution in [0.4, 0.5) is 0 Å². The van der Waals surface area contributed by atoms with Crippen LogP contribution in [0, 0.1) is 0 Å². The number of hydrogen-bond acceptors (Lipinski definition) is 3. The largest absolute Gasteiger partial charge is 0.480 e. The van der Waals surface area contributed by atoms with Crippen molar-refractivity contribution in [3.05, 3.63) is 36.0 Å². The standard InChI is InChI=1S/C14H16N2O4/c1-8(17)13(14(19)20)16-12(18)6-9-7-15-11-5-3-2-4-10(9)11/h2-5,7-8,13,15,17H,6H2,1H3,(H,16,18)(H,19,20)/t8-,13+/m0/s1. The molecule has 2 rings (SSSR count). The number of aromatic amines is 1. The molecule has 0 aliphatic heterocycles. The number of rotatable bonds is 5. The van der Waals surface area contributed by atoms with E-state index in [0.29, 0.717) is 0 Å². The van der Waals surface area contributed by atoms with Crippen LogP contribution in [0.2, 0.25) is 0 Å². The molecule has 0 unspecified atom stereocenters. The van der Waals surface area contributed by atoms with Gasteiger partial charge in [-0.2, -0.15) is 0 Å². The SMILES string of the molecule is C[C@H](O)[C@@H](NC(=O)Cc1c[nH]c2ccccc12)C(=O)O. The van der Waals surface area contributed by atoms with Gasteiger partial charge in [-0.25, -0.2) is 4.79 Å². The van der Waals surface area contributed by atoms with Gasteiger partial charge >= 0.3 is 5.97 Å². The first-order valence-electron chi connectivity index (χ1n) is 6.24. The minimum absolute atomic E-state index is 0.0561. The van der Waals surface area contributed by atoms with Crippen LogP contribution in [-0.4, -0.2) is 39.2 Å². The molecule has 0 radical (unpaired) electrons. The zero-order chi connectivity index (χ0) is 14.7. The van der Waals surface area contributed by atoms with Crippen LogP contribution in [0.5, 0.6) is 0 Å². The van der Waals surface area contributed by atoms with E-state index >= 15 is 0 Å². The van der Waals surface area contributed by atoms with E-state index in [0.717, 1.165) is 16.5 Å². The molecule has 1 aromatic carbocycles. The van der Waals surface area contributed by atoms with Crippen molar-refractivity contribution in [2.45, 2.75) is 25.5 Å². The van der Waals surface area contributed by atoms with Crippen molar-refractivity contribution in [2.75, 3.05) is 0 Å². The highest BCUT2D eigenvalue weighted by molar-refractivity contribution is 5.90. The molecule has 0 fully saturated rings. The summed E-state index contributed by atoms with van der Waals surface area (Å²) in [6, 6.07) is 6.24. The molecule has 2 atom stereocenters. The fourth-order valence-electron chi connectivity index (χ4n) is 2.06. The number of H-pyrrole nitrogens is 1. The van der Waals surface area contributed by atoms with Gasteiger partial charge in [-0.1, -0.05) is 18.2 Å². The summed E-state index contributed by atoms with van der Waals surface area (Å²) in [7, 11) is 0. The molecular weight excluding hydrogens is 260 g/mol. The smallest absolute Gasteiger partial charge is 0.328 e. The third-order valence-corrected chi connectivity index (χ3v) is 3.09. The zero-order valence-corrected chi connectivity index (χ0v) is 11.0. The summed E-state index contributed by atoms with van der Waals surface area (Å²) in [5, 5.41) is 21.5. The normalized spacial score (nSPS) is 13.9. The number of amides is 1. The van der Waals surface area contributed by atoms with Gasteiger partial charge in [0.25, 0.3) is 0 Å². The molecule has 0 saturated carbocycles. The molecular formula is C14H16N2O4. The van der Waals surface area contributed by atoms with Crippen molar-refractivity contribution in [1.82, 2.24) is 10.3 Å². The second kappa shape index (κ2) is 5.75. The minimum atomic E-state index is -1.30. The Morgan fingerprint density at radius 1 is 1.35 bits per heavy atom. The van der Waals surface area contributed by atoms with Crippen LogP contribution < -0.4 is 5.32 Å². The molecule has 1 amide bonds. The number of para-hydroxylation sites is 1. The number of nitrogens with one attached hydrogen (secondary N) is 2. The maximum absolute atomic E-state index is 11.9. The predicted octanol–water partition coefficient (Wildman–Crippen LogP) is 0.661. The van der Waals surface area contributed by atoms with Crippen LogP contribution in [-0.2, 0) is 16.0 Å². The summed E-state index contributed by atoms with van der Waals surface area (Å²) >= 11 is 0. The number of fused-ring (bicyclic) bond motifs is 1. The van der Waals surface area contributed by atoms with Crippen molar-refractivity contribution in [2.24, 2.45) is 0 Å². The van der Waals surface area contributed by atoms with Crippen LogP contribution in [0.3, 0.4) is 0 Å². The second-order valence-corrected chi connectivity index (χ2v) is 4.66. The van der Waals surface area contributed by atoms with E-state index in [9.17, 15) is 14.7 Å². The van der Waals surface area contributed by atoms with Crippen molar-refractivity contribution < 1.29 is 19.8 Å². The maximum atomic E-state index is 11.9. The van der Waals surface area contributed by atoms with Gasteiger partial charge in [-0.3, -0.25) is 4.79 Å². The molecule has 0 saturated heterocycles. The number of aliphatic hydroxyl groups excluding tert-OH is 1. The number of carboxylic acids is 1. The Morgan fingerprint density at radius 3 is 2.70 bits per heavy atom. The maximum Gasteiger partial charge on any atom is 0.328 e. The molecule has 20 heavy (non-hydrogen) atoms. The second-order valence-electron chi connectivity index (χ2n) is 4.66. The van der Waals surface area contributed by atoms with Crippen LogP contribution in [0.15, 0.2) is 30.5 Å². The highest BCUT2D eigenvalue weighted by Crippen LogP contribution is 2.18. The average Bonchev–Trinajstić information content (AvgIpc) is 2.79. The number of aromatic nitrogens is 1. The minimum Gasteiger partial charge on any atom is -0.480 e. The quantitative estimate of drug-likeness (QED) is 0.644. The molecule has 106 valence electrons. The number of carbonyl (C=O) groups excluding carboxylic acids is 1. The Balaban J connectivity index is 2.10. The fraction of sp³-hybridized carbons (Fsp3) is 0.286. The van der Waals surface area contributed by atoms with Crippen molar-refractivity contribution >= 4 is 22.8 Å². The molecule has 0 aliphatic carbocycles. The van der Waals surface area contributed by atoms with Gasteiger partial charge in [0.1, 0.15) is 0 Å². The molecule has 0 spiro atoms. The number of aliphatic carboxylic acids is 1. The molecule has 0 bridgehead atoms. The average molecular weight is 276 g/mol. The van der Waals surface area contributed by atoms with Gasteiger partial charge < -0.3 is 20.5 Å². The molecule has 6 heteroatoms. The summed E-state index contributed by atoms with van der Waals surface area (Å²) in [5.74, 6) is -1.70. The van der Waals surface area contributed by atoms with Gasteiger partial charge in [0.15, 0.2) is 6.04 Å². The summed E-state index contributed by atoms with van der Waals surface area (Å²) in [6.45, 7) is 1.32. The topological polar surface area (TPSA) is 102 Å². The predicted molar refractivity (Wildman–Crippen MR) is 73.3 cm³/mol. The highest BCUT2D eigenvalue weighted by atomic mass is 16.4. The number of benzene rings is 1. The fourth-order valence-corrected chi connectivity index (χ4v) is 2.06. The van der Waals surface area contributed by atoms with E-state index in [1.165, 1.54) is 6.92 Å². The Kier molecular flexibility index (Phi) is 4.05. The van der Waals surface area contributed by atoms with E-state index in [-0.39, 0.29) is 6.42 Å². The molecule has 0 aliphatic rings. The lowest BCUT2D eigenvalue weighted by atomic mass is 10.1. The molecule has 1 heterocycles. The van der Waals surface area contributed by atoms with E-state index in [1.54, 1.807) is 6.20 Å². The zero-order valence-electron chi connectivity index (χ0n) is 11.0. The van der Waals surface area contributed by atoms with E-state index in [4.69, 9.17) is 5.11 Å². The number of carboxylic acid groups (broad SMARTS) is 1. The molecule has 6 nitrogen and oxygen atoms in total. The van der Waals surface area contributed by atoms with Crippen LogP contribution >= 0.6 is 0 Å². The lowest BCUT2D eigenvalue weighted by Gasteiger charge is -2.16. The Morgan fingerprint density at radius 2 is 2.05 bits per heavy atom. The lowest BCUT2D eigenvalue weighted by molar-refractivity contribution is -0.144. The molecule has 2 aromatic rings. The van der Waals surface area contributed by atoms with Crippen molar-refractivity contribution in [1.29, 1.82) is 0 Å². The van der Waals surface area contributed by atoms with Crippen molar-refractivity contribution in [3.8, 4) is 0 Å². The monoisotopic (exact) mass is 276 g/mol. The Hall–Kier alpha value is -2.34. The highest BCUT2D eigenvalue weighted by Gasteiger charge is 2.25. The van der Waals surface area contributed by atoms with Crippen LogP contribution in [0.1, 0.15) is 12.5 Å². The van der Waals surface area contributed by atoms with E-state index < -0.39 is 24.0 Å². The Labute approximate surface area is 115 Å². The van der Waals surface area contributed by atoms with Gasteiger partial charge in [-0.15, -0.1) is 0 Å². The number of aliphatic hydroxyl groups is 1. The number of carbonyl (C=O) groups is 2. The van der Waals surface area contributed by atoms with Crippen LogP contribution in [0.25, 0.3) is 10.9 Å².